The van der Waals surface area contributed by atoms with Crippen LogP contribution in [0.15, 0.2) is 46.6 Å². The van der Waals surface area contributed by atoms with E-state index in [1.807, 2.05) is 6.92 Å². The summed E-state index contributed by atoms with van der Waals surface area (Å²) in [7, 11) is 0. The van der Waals surface area contributed by atoms with E-state index >= 15 is 0 Å². The lowest BCUT2D eigenvalue weighted by molar-refractivity contribution is 0.160. The topological polar surface area (TPSA) is 125 Å². The van der Waals surface area contributed by atoms with Crippen LogP contribution in [0.2, 0.25) is 0 Å². The molecule has 7 N–H and O–H groups in total. The van der Waals surface area contributed by atoms with Gasteiger partial charge in [0.1, 0.15) is 11.9 Å². The van der Waals surface area contributed by atoms with Crippen molar-refractivity contribution in [2.24, 2.45) is 16.5 Å². The van der Waals surface area contributed by atoms with Gasteiger partial charge in [-0.05, 0) is 49.3 Å². The van der Waals surface area contributed by atoms with Crippen LogP contribution in [0, 0.1) is 5.82 Å². The molecule has 1 atom stereocenters. The summed E-state index contributed by atoms with van der Waals surface area (Å²) in [6.45, 7) is 1.38. The van der Waals surface area contributed by atoms with Crippen LogP contribution in [-0.2, 0) is 0 Å². The summed E-state index contributed by atoms with van der Waals surface area (Å²) in [5.74, 6) is -0.0210. The maximum atomic E-state index is 14.1. The number of fused-ring (bicyclic) bond motifs is 3. The van der Waals surface area contributed by atoms with Crippen molar-refractivity contribution >= 4 is 23.4 Å². The Hall–Kier alpha value is -3.53. The van der Waals surface area contributed by atoms with Crippen LogP contribution in [0.25, 0.3) is 11.4 Å². The number of allylic oxidation sites excluding steroid dienone is 1. The first kappa shape index (κ1) is 24.1. The third kappa shape index (κ3) is 5.46. The number of halogens is 3. The molecule has 0 saturated heterocycles. The molecule has 1 aromatic carbocycles. The molecule has 10 heteroatoms. The Morgan fingerprint density at radius 3 is 2.73 bits per heavy atom. The van der Waals surface area contributed by atoms with E-state index in [1.165, 1.54) is 18.2 Å². The van der Waals surface area contributed by atoms with Gasteiger partial charge in [-0.3, -0.25) is 0 Å². The van der Waals surface area contributed by atoms with Gasteiger partial charge in [0.15, 0.2) is 11.6 Å². The predicted molar refractivity (Wildman–Crippen MR) is 124 cm³/mol. The van der Waals surface area contributed by atoms with Crippen molar-refractivity contribution in [3.63, 3.8) is 0 Å². The molecule has 1 aliphatic heterocycles. The molecule has 1 aromatic heterocycles. The first-order valence-corrected chi connectivity index (χ1v) is 10.4. The van der Waals surface area contributed by atoms with Crippen molar-refractivity contribution in [1.82, 2.24) is 10.3 Å². The Kier molecular flexibility index (Phi) is 7.59. The zero-order chi connectivity index (χ0) is 24.1. The number of hydrogen-bond acceptors (Lipinski definition) is 7. The van der Waals surface area contributed by atoms with Gasteiger partial charge in [0, 0.05) is 60.0 Å². The molecule has 1 aliphatic rings. The van der Waals surface area contributed by atoms with E-state index in [1.54, 1.807) is 19.2 Å². The van der Waals surface area contributed by atoms with Crippen molar-refractivity contribution in [2.45, 2.75) is 32.9 Å². The number of alkyl halides is 2. The zero-order valence-corrected chi connectivity index (χ0v) is 18.4. The summed E-state index contributed by atoms with van der Waals surface area (Å²) in [4.78, 5) is 7.47. The fourth-order valence-electron chi connectivity index (χ4n) is 3.69. The monoisotopic (exact) mass is 460 g/mol. The second-order valence-electron chi connectivity index (χ2n) is 7.48. The zero-order valence-electron chi connectivity index (χ0n) is 18.4. The maximum absolute atomic E-state index is 14.1. The van der Waals surface area contributed by atoms with Crippen molar-refractivity contribution in [3.8, 4) is 5.75 Å². The maximum Gasteiger partial charge on any atom is 0.331 e. The Labute approximate surface area is 190 Å². The standard InChI is InChI=1S/C23H27F3N6O/c1-3-30-21-13(9-27)6-14(10-32-23(25)26)20(28)17-5-4-16(24)8-18(17)12(2)33-19-7-15(21)11-31-22(19)29/h4-5,7-8,10-12,23,30H,3,6,9,27-28H2,1-2H3,(H2,29,31)/b20-14?,21-13-,32-10?. The van der Waals surface area contributed by atoms with Gasteiger partial charge in [0.2, 0.25) is 0 Å². The summed E-state index contributed by atoms with van der Waals surface area (Å²) < 4.78 is 46.1. The summed E-state index contributed by atoms with van der Waals surface area (Å²) >= 11 is 0. The number of hydrogen-bond donors (Lipinski definition) is 4. The van der Waals surface area contributed by atoms with Crippen LogP contribution < -0.4 is 27.3 Å². The molecule has 0 fully saturated rings. The summed E-state index contributed by atoms with van der Waals surface area (Å²) in [5.41, 5.74) is 21.9. The van der Waals surface area contributed by atoms with Gasteiger partial charge in [-0.2, -0.15) is 8.78 Å². The highest BCUT2D eigenvalue weighted by molar-refractivity contribution is 5.92. The fraction of sp³-hybridized carbons (Fsp3) is 0.304. The molecule has 2 aromatic rings. The van der Waals surface area contributed by atoms with Gasteiger partial charge in [-0.1, -0.05) is 0 Å². The summed E-state index contributed by atoms with van der Waals surface area (Å²) in [5, 5.41) is 3.26. The van der Waals surface area contributed by atoms with E-state index in [4.69, 9.17) is 21.9 Å². The molecule has 33 heavy (non-hydrogen) atoms. The van der Waals surface area contributed by atoms with E-state index in [0.717, 1.165) is 6.21 Å². The second-order valence-corrected chi connectivity index (χ2v) is 7.48. The molecule has 7 nitrogen and oxygen atoms in total. The number of aliphatic imine (C=N–C) groups is 1. The van der Waals surface area contributed by atoms with Gasteiger partial charge in [0.25, 0.3) is 0 Å². The molecule has 1 unspecified atom stereocenters. The molecule has 0 amide bonds. The van der Waals surface area contributed by atoms with Crippen molar-refractivity contribution in [1.29, 1.82) is 0 Å². The number of anilines is 1. The minimum atomic E-state index is -2.91. The molecule has 0 spiro atoms. The van der Waals surface area contributed by atoms with Crippen molar-refractivity contribution in [3.05, 3.63) is 64.1 Å². The minimum absolute atomic E-state index is 0.106. The van der Waals surface area contributed by atoms with Crippen LogP contribution in [0.5, 0.6) is 5.75 Å². The minimum Gasteiger partial charge on any atom is -0.482 e. The molecular formula is C23H27F3N6O. The van der Waals surface area contributed by atoms with Crippen molar-refractivity contribution in [2.75, 3.05) is 18.8 Å². The van der Waals surface area contributed by atoms with Crippen molar-refractivity contribution < 1.29 is 17.9 Å². The number of benzene rings is 1. The van der Waals surface area contributed by atoms with Gasteiger partial charge in [0.05, 0.1) is 0 Å². The molecule has 0 saturated carbocycles. The number of rotatable bonds is 5. The third-order valence-corrected chi connectivity index (χ3v) is 5.26. The number of ether oxygens (including phenoxy) is 1. The van der Waals surface area contributed by atoms with E-state index in [0.29, 0.717) is 45.8 Å². The van der Waals surface area contributed by atoms with Gasteiger partial charge in [-0.25, -0.2) is 14.4 Å². The first-order valence-electron chi connectivity index (χ1n) is 10.4. The highest BCUT2D eigenvalue weighted by Crippen LogP contribution is 2.34. The Bertz CT molecular complexity index is 1110. The lowest BCUT2D eigenvalue weighted by Crippen LogP contribution is -2.20. The fourth-order valence-corrected chi connectivity index (χ4v) is 3.69. The van der Waals surface area contributed by atoms with Gasteiger partial charge < -0.3 is 27.3 Å². The van der Waals surface area contributed by atoms with E-state index in [2.05, 4.69) is 15.3 Å². The number of pyridine rings is 1. The largest absolute Gasteiger partial charge is 0.482 e. The summed E-state index contributed by atoms with van der Waals surface area (Å²) in [6.07, 6.45) is 2.06. The molecule has 2 heterocycles. The number of nitrogens with one attached hydrogen (secondary N) is 1. The average molecular weight is 461 g/mol. The molecule has 0 radical (unpaired) electrons. The Morgan fingerprint density at radius 2 is 2.06 bits per heavy atom. The van der Waals surface area contributed by atoms with Gasteiger partial charge >= 0.3 is 6.55 Å². The van der Waals surface area contributed by atoms with Crippen LogP contribution in [-0.4, -0.2) is 30.8 Å². The number of nitrogen functional groups attached to an aromatic ring is 1. The molecule has 0 aliphatic carbocycles. The lowest BCUT2D eigenvalue weighted by Gasteiger charge is -2.23. The van der Waals surface area contributed by atoms with Crippen LogP contribution in [0.1, 0.15) is 43.1 Å². The molecular weight excluding hydrogens is 433 g/mol. The van der Waals surface area contributed by atoms with Crippen LogP contribution in [0.4, 0.5) is 19.0 Å². The molecule has 176 valence electrons. The van der Waals surface area contributed by atoms with Gasteiger partial charge in [-0.15, -0.1) is 0 Å². The second kappa shape index (κ2) is 10.4. The summed E-state index contributed by atoms with van der Waals surface area (Å²) in [6, 6.07) is 5.73. The van der Waals surface area contributed by atoms with Crippen LogP contribution >= 0.6 is 0 Å². The van der Waals surface area contributed by atoms with Crippen LogP contribution in [0.3, 0.4) is 0 Å². The molecule has 2 bridgehead atoms. The van der Waals surface area contributed by atoms with E-state index in [-0.39, 0.29) is 24.5 Å². The highest BCUT2D eigenvalue weighted by atomic mass is 19.3. The average Bonchev–Trinajstić information content (AvgIpc) is 2.78. The van der Waals surface area contributed by atoms with E-state index < -0.39 is 18.5 Å². The molecule has 3 rings (SSSR count). The third-order valence-electron chi connectivity index (χ3n) is 5.26. The van der Waals surface area contributed by atoms with E-state index in [9.17, 15) is 13.2 Å². The lowest BCUT2D eigenvalue weighted by atomic mass is 9.93. The normalized spacial score (nSPS) is 19.2. The first-order chi connectivity index (χ1) is 15.7. The Balaban J connectivity index is 2.35. The number of nitrogens with zero attached hydrogens (tertiary/aromatic N) is 2. The quantitative estimate of drug-likeness (QED) is 0.399. The SMILES string of the molecule is CCN/C1=C(\CN)CC(C=NC(F)F)=C(N)c2ccc(F)cc2C(C)Oc2cc1cnc2N. The Morgan fingerprint density at radius 1 is 1.30 bits per heavy atom. The number of aromatic nitrogens is 1. The number of nitrogens with two attached hydrogens (primary N) is 3. The smallest absolute Gasteiger partial charge is 0.331 e. The predicted octanol–water partition coefficient (Wildman–Crippen LogP) is 3.59. The highest BCUT2D eigenvalue weighted by Gasteiger charge is 2.22.